The number of morpholine rings is 1. The lowest BCUT2D eigenvalue weighted by molar-refractivity contribution is -0.130. The highest BCUT2D eigenvalue weighted by atomic mass is 16.5. The average molecular weight is 316 g/mol. The van der Waals surface area contributed by atoms with E-state index in [1.807, 2.05) is 28.9 Å². The number of nitrogens with zero attached hydrogens (tertiary/aromatic N) is 3. The van der Waals surface area contributed by atoms with Crippen molar-refractivity contribution < 1.29 is 9.53 Å². The Morgan fingerprint density at radius 1 is 1.30 bits per heavy atom. The summed E-state index contributed by atoms with van der Waals surface area (Å²) in [6.45, 7) is 5.63. The SMILES string of the molecule is CC1CN(C(N)=NCC(=O)N2CCc3ccccc3C2)CCO1. The van der Waals surface area contributed by atoms with Gasteiger partial charge in [-0.25, -0.2) is 4.99 Å². The van der Waals surface area contributed by atoms with E-state index >= 15 is 0 Å². The number of amides is 1. The molecule has 23 heavy (non-hydrogen) atoms. The van der Waals surface area contributed by atoms with Gasteiger partial charge in [0.2, 0.25) is 5.91 Å². The van der Waals surface area contributed by atoms with Crippen molar-refractivity contribution in [2.24, 2.45) is 10.7 Å². The van der Waals surface area contributed by atoms with Crippen LogP contribution in [0, 0.1) is 0 Å². The zero-order chi connectivity index (χ0) is 16.2. The van der Waals surface area contributed by atoms with Crippen LogP contribution in [0.4, 0.5) is 0 Å². The minimum absolute atomic E-state index is 0.0313. The topological polar surface area (TPSA) is 71.2 Å². The standard InChI is InChI=1S/C17H24N4O2/c1-13-11-21(8-9-23-13)17(18)19-10-16(22)20-7-6-14-4-2-3-5-15(14)12-20/h2-5,13H,6-12H2,1H3,(H2,18,19). The largest absolute Gasteiger partial charge is 0.375 e. The van der Waals surface area contributed by atoms with Gasteiger partial charge < -0.3 is 20.3 Å². The lowest BCUT2D eigenvalue weighted by Crippen LogP contribution is -2.48. The zero-order valence-electron chi connectivity index (χ0n) is 13.6. The van der Waals surface area contributed by atoms with Crippen molar-refractivity contribution in [3.8, 4) is 0 Å². The molecule has 1 fully saturated rings. The Morgan fingerprint density at radius 3 is 2.87 bits per heavy atom. The van der Waals surface area contributed by atoms with Crippen LogP contribution < -0.4 is 5.73 Å². The Balaban J connectivity index is 1.56. The van der Waals surface area contributed by atoms with Crippen LogP contribution in [0.3, 0.4) is 0 Å². The highest BCUT2D eigenvalue weighted by molar-refractivity contribution is 5.84. The van der Waals surface area contributed by atoms with Gasteiger partial charge in [-0.2, -0.15) is 0 Å². The monoisotopic (exact) mass is 316 g/mol. The highest BCUT2D eigenvalue weighted by Gasteiger charge is 2.21. The number of ether oxygens (including phenoxy) is 1. The van der Waals surface area contributed by atoms with Crippen LogP contribution in [0.5, 0.6) is 0 Å². The summed E-state index contributed by atoms with van der Waals surface area (Å²) in [7, 11) is 0. The van der Waals surface area contributed by atoms with E-state index in [9.17, 15) is 4.79 Å². The molecule has 1 atom stereocenters. The van der Waals surface area contributed by atoms with Gasteiger partial charge in [0, 0.05) is 26.2 Å². The molecule has 1 saturated heterocycles. The van der Waals surface area contributed by atoms with Crippen molar-refractivity contribution in [3.63, 3.8) is 0 Å². The van der Waals surface area contributed by atoms with Crippen LogP contribution in [0.25, 0.3) is 0 Å². The van der Waals surface area contributed by atoms with Crippen LogP contribution >= 0.6 is 0 Å². The highest BCUT2D eigenvalue weighted by Crippen LogP contribution is 2.18. The summed E-state index contributed by atoms with van der Waals surface area (Å²) in [5.41, 5.74) is 8.58. The molecule has 1 unspecified atom stereocenters. The van der Waals surface area contributed by atoms with Gasteiger partial charge in [-0.3, -0.25) is 4.79 Å². The Bertz CT molecular complexity index is 602. The average Bonchev–Trinajstić information content (AvgIpc) is 2.59. The van der Waals surface area contributed by atoms with Crippen molar-refractivity contribution in [2.75, 3.05) is 32.8 Å². The van der Waals surface area contributed by atoms with Crippen molar-refractivity contribution in [2.45, 2.75) is 26.0 Å². The smallest absolute Gasteiger partial charge is 0.244 e. The molecule has 1 aromatic carbocycles. The normalized spacial score (nSPS) is 22.0. The van der Waals surface area contributed by atoms with Crippen LogP contribution in [-0.4, -0.2) is 60.6 Å². The lowest BCUT2D eigenvalue weighted by Gasteiger charge is -2.32. The Morgan fingerprint density at radius 2 is 2.09 bits per heavy atom. The third-order valence-electron chi connectivity index (χ3n) is 4.42. The first-order valence-electron chi connectivity index (χ1n) is 8.14. The van der Waals surface area contributed by atoms with Crippen molar-refractivity contribution in [1.82, 2.24) is 9.80 Å². The molecule has 1 amide bonds. The molecular weight excluding hydrogens is 292 g/mol. The Kier molecular flexibility index (Phi) is 4.81. The fourth-order valence-corrected chi connectivity index (χ4v) is 3.08. The summed E-state index contributed by atoms with van der Waals surface area (Å²) in [6, 6.07) is 8.28. The van der Waals surface area contributed by atoms with E-state index in [4.69, 9.17) is 10.5 Å². The lowest BCUT2D eigenvalue weighted by atomic mass is 10.00. The molecule has 1 aromatic rings. The second kappa shape index (κ2) is 7.00. The first-order valence-corrected chi connectivity index (χ1v) is 8.14. The van der Waals surface area contributed by atoms with E-state index in [1.54, 1.807) is 0 Å². The Hall–Kier alpha value is -2.08. The maximum atomic E-state index is 12.4. The molecule has 6 nitrogen and oxygen atoms in total. The first kappa shape index (κ1) is 15.8. The molecule has 3 rings (SSSR count). The van der Waals surface area contributed by atoms with Gasteiger partial charge in [-0.1, -0.05) is 24.3 Å². The van der Waals surface area contributed by atoms with E-state index in [2.05, 4.69) is 17.1 Å². The fraction of sp³-hybridized carbons (Fsp3) is 0.529. The van der Waals surface area contributed by atoms with Gasteiger partial charge in [0.1, 0.15) is 6.54 Å². The Labute approximate surface area is 136 Å². The molecule has 6 heteroatoms. The van der Waals surface area contributed by atoms with E-state index in [0.717, 1.165) is 26.1 Å². The second-order valence-electron chi connectivity index (χ2n) is 6.14. The number of carbonyl (C=O) groups excluding carboxylic acids is 1. The number of hydrogen-bond acceptors (Lipinski definition) is 3. The summed E-state index contributed by atoms with van der Waals surface area (Å²) in [4.78, 5) is 20.5. The number of benzene rings is 1. The molecule has 2 aliphatic rings. The second-order valence-corrected chi connectivity index (χ2v) is 6.14. The zero-order valence-corrected chi connectivity index (χ0v) is 13.6. The number of rotatable bonds is 2. The molecule has 0 radical (unpaired) electrons. The molecule has 0 aliphatic carbocycles. The molecule has 0 bridgehead atoms. The number of hydrogen-bond donors (Lipinski definition) is 1. The molecule has 0 saturated carbocycles. The van der Waals surface area contributed by atoms with Gasteiger partial charge in [-0.15, -0.1) is 0 Å². The van der Waals surface area contributed by atoms with Gasteiger partial charge in [0.25, 0.3) is 0 Å². The number of nitrogens with two attached hydrogens (primary N) is 1. The molecular formula is C17H24N4O2. The molecule has 2 aliphatic heterocycles. The van der Waals surface area contributed by atoms with Crippen molar-refractivity contribution in [3.05, 3.63) is 35.4 Å². The first-order chi connectivity index (χ1) is 11.1. The van der Waals surface area contributed by atoms with Crippen LogP contribution in [0.15, 0.2) is 29.3 Å². The third kappa shape index (κ3) is 3.82. The van der Waals surface area contributed by atoms with Crippen LogP contribution in [-0.2, 0) is 22.5 Å². The van der Waals surface area contributed by atoms with Crippen LogP contribution in [0.2, 0.25) is 0 Å². The van der Waals surface area contributed by atoms with E-state index in [1.165, 1.54) is 11.1 Å². The molecule has 0 aromatic heterocycles. The summed E-state index contributed by atoms with van der Waals surface area (Å²) in [6.07, 6.45) is 1.05. The summed E-state index contributed by atoms with van der Waals surface area (Å²) < 4.78 is 5.48. The van der Waals surface area contributed by atoms with Crippen molar-refractivity contribution in [1.29, 1.82) is 0 Å². The molecule has 124 valence electrons. The van der Waals surface area contributed by atoms with Gasteiger partial charge >= 0.3 is 0 Å². The van der Waals surface area contributed by atoms with Gasteiger partial charge in [0.15, 0.2) is 5.96 Å². The third-order valence-corrected chi connectivity index (χ3v) is 4.42. The molecule has 2 N–H and O–H groups in total. The predicted molar refractivity (Wildman–Crippen MR) is 89.0 cm³/mol. The summed E-state index contributed by atoms with van der Waals surface area (Å²) >= 11 is 0. The number of fused-ring (bicyclic) bond motifs is 1. The summed E-state index contributed by atoms with van der Waals surface area (Å²) in [5.74, 6) is 0.467. The van der Waals surface area contributed by atoms with Gasteiger partial charge in [-0.05, 0) is 24.5 Å². The van der Waals surface area contributed by atoms with Gasteiger partial charge in [0.05, 0.1) is 12.7 Å². The minimum Gasteiger partial charge on any atom is -0.375 e. The minimum atomic E-state index is 0.0313. The predicted octanol–water partition coefficient (Wildman–Crippen LogP) is 0.607. The number of aliphatic imine (C=N–C) groups is 1. The maximum absolute atomic E-state index is 12.4. The van der Waals surface area contributed by atoms with Crippen molar-refractivity contribution >= 4 is 11.9 Å². The quantitative estimate of drug-likeness (QED) is 0.641. The fourth-order valence-electron chi connectivity index (χ4n) is 3.08. The van der Waals surface area contributed by atoms with Crippen LogP contribution in [0.1, 0.15) is 18.1 Å². The summed E-state index contributed by atoms with van der Waals surface area (Å²) in [5, 5.41) is 0. The van der Waals surface area contributed by atoms with E-state index < -0.39 is 0 Å². The molecule has 0 spiro atoms. The number of carbonyl (C=O) groups is 1. The molecule has 2 heterocycles. The van der Waals surface area contributed by atoms with E-state index in [0.29, 0.717) is 19.1 Å². The van der Waals surface area contributed by atoms with E-state index in [-0.39, 0.29) is 18.6 Å². The maximum Gasteiger partial charge on any atom is 0.244 e. The number of guanidine groups is 1.